The van der Waals surface area contributed by atoms with Gasteiger partial charge in [-0.25, -0.2) is 15.0 Å². The molecule has 0 fully saturated rings. The predicted octanol–water partition coefficient (Wildman–Crippen LogP) is 1.50. The van der Waals surface area contributed by atoms with Crippen molar-refractivity contribution in [1.82, 2.24) is 30.1 Å². The van der Waals surface area contributed by atoms with Gasteiger partial charge in [-0.1, -0.05) is 30.3 Å². The zero-order valence-electron chi connectivity index (χ0n) is 13.8. The van der Waals surface area contributed by atoms with E-state index in [9.17, 15) is 0 Å². The maximum absolute atomic E-state index is 5.91. The van der Waals surface area contributed by atoms with Crippen LogP contribution < -0.4 is 16.8 Å². The Kier molecular flexibility index (Phi) is 4.12. The van der Waals surface area contributed by atoms with Crippen molar-refractivity contribution < 1.29 is 0 Å². The van der Waals surface area contributed by atoms with Crippen molar-refractivity contribution in [3.8, 4) is 11.4 Å². The van der Waals surface area contributed by atoms with Crippen LogP contribution in [0.25, 0.3) is 22.4 Å². The summed E-state index contributed by atoms with van der Waals surface area (Å²) in [5.74, 6) is 0.648. The third-order valence-electron chi connectivity index (χ3n) is 3.98. The predicted molar refractivity (Wildman–Crippen MR) is 99.0 cm³/mol. The molecule has 130 valence electrons. The number of benzene rings is 1. The molecule has 1 unspecified atom stereocenters. The quantitative estimate of drug-likeness (QED) is 0.425. The molecule has 0 saturated heterocycles. The molecule has 9 nitrogen and oxygen atoms in total. The highest BCUT2D eigenvalue weighted by Gasteiger charge is 2.14. The Morgan fingerprint density at radius 2 is 1.92 bits per heavy atom. The molecule has 26 heavy (non-hydrogen) atoms. The summed E-state index contributed by atoms with van der Waals surface area (Å²) in [6, 6.07) is 11.6. The molecule has 1 atom stereocenters. The van der Waals surface area contributed by atoms with Gasteiger partial charge in [0.1, 0.15) is 0 Å². The molecule has 3 heterocycles. The van der Waals surface area contributed by atoms with Crippen molar-refractivity contribution in [1.29, 1.82) is 0 Å². The number of H-pyrrole nitrogens is 1. The van der Waals surface area contributed by atoms with Crippen molar-refractivity contribution in [3.05, 3.63) is 54.4 Å². The van der Waals surface area contributed by atoms with Crippen LogP contribution in [0.1, 0.15) is 11.6 Å². The lowest BCUT2D eigenvalue weighted by atomic mass is 10.1. The van der Waals surface area contributed by atoms with Crippen LogP contribution in [-0.2, 0) is 0 Å². The minimum atomic E-state index is -0.0897. The van der Waals surface area contributed by atoms with Crippen molar-refractivity contribution in [3.63, 3.8) is 0 Å². The van der Waals surface area contributed by atoms with Gasteiger partial charge >= 0.3 is 0 Å². The Bertz CT molecular complexity index is 1030. The first-order valence-electron chi connectivity index (χ1n) is 8.06. The van der Waals surface area contributed by atoms with Crippen LogP contribution in [0.2, 0.25) is 0 Å². The van der Waals surface area contributed by atoms with E-state index in [1.165, 1.54) is 0 Å². The molecular weight excluding hydrogens is 330 g/mol. The van der Waals surface area contributed by atoms with Crippen LogP contribution >= 0.6 is 0 Å². The van der Waals surface area contributed by atoms with Gasteiger partial charge in [0.2, 0.25) is 11.9 Å². The van der Waals surface area contributed by atoms with Crippen LogP contribution in [0.15, 0.2) is 48.8 Å². The van der Waals surface area contributed by atoms with Gasteiger partial charge in [-0.05, 0) is 11.6 Å². The summed E-state index contributed by atoms with van der Waals surface area (Å²) in [5.41, 5.74) is 14.4. The summed E-state index contributed by atoms with van der Waals surface area (Å²) in [6.45, 7) is 0.414. The normalized spacial score (nSPS) is 12.2. The smallest absolute Gasteiger partial charge is 0.223 e. The second-order valence-corrected chi connectivity index (χ2v) is 5.67. The SMILES string of the molecule is NCC(Nc1nccc(-c2[nH]nc3nc(N)ncc23)n1)c1ccccc1. The molecule has 6 N–H and O–H groups in total. The number of nitrogens with two attached hydrogens (primary N) is 2. The van der Waals surface area contributed by atoms with Gasteiger partial charge in [0.15, 0.2) is 5.65 Å². The van der Waals surface area contributed by atoms with Gasteiger partial charge in [0.25, 0.3) is 0 Å². The highest BCUT2D eigenvalue weighted by molar-refractivity contribution is 5.89. The Hall–Kier alpha value is -3.59. The highest BCUT2D eigenvalue weighted by atomic mass is 15.2. The monoisotopic (exact) mass is 347 g/mol. The number of aromatic amines is 1. The molecule has 0 aliphatic rings. The second-order valence-electron chi connectivity index (χ2n) is 5.67. The Labute approximate surface area is 148 Å². The summed E-state index contributed by atoms with van der Waals surface area (Å²) < 4.78 is 0. The average Bonchev–Trinajstić information content (AvgIpc) is 3.10. The summed E-state index contributed by atoms with van der Waals surface area (Å²) in [7, 11) is 0. The zero-order chi connectivity index (χ0) is 17.9. The van der Waals surface area contributed by atoms with E-state index in [4.69, 9.17) is 11.5 Å². The topological polar surface area (TPSA) is 144 Å². The zero-order valence-corrected chi connectivity index (χ0v) is 13.8. The summed E-state index contributed by atoms with van der Waals surface area (Å²) in [4.78, 5) is 17.0. The van der Waals surface area contributed by atoms with E-state index in [1.807, 2.05) is 30.3 Å². The van der Waals surface area contributed by atoms with Crippen LogP contribution in [-0.4, -0.2) is 36.7 Å². The minimum Gasteiger partial charge on any atom is -0.368 e. The molecule has 0 radical (unpaired) electrons. The summed E-state index contributed by atoms with van der Waals surface area (Å²) in [6.07, 6.45) is 3.30. The Morgan fingerprint density at radius 1 is 1.08 bits per heavy atom. The number of fused-ring (bicyclic) bond motifs is 1. The van der Waals surface area contributed by atoms with Gasteiger partial charge < -0.3 is 16.8 Å². The number of nitrogen functional groups attached to an aromatic ring is 1. The molecule has 3 aromatic heterocycles. The fraction of sp³-hybridized carbons (Fsp3) is 0.118. The molecule has 4 rings (SSSR count). The number of nitrogens with one attached hydrogen (secondary N) is 2. The van der Waals surface area contributed by atoms with E-state index in [0.29, 0.717) is 29.5 Å². The Morgan fingerprint density at radius 3 is 2.73 bits per heavy atom. The van der Waals surface area contributed by atoms with Crippen molar-refractivity contribution in [2.24, 2.45) is 5.73 Å². The molecule has 0 bridgehead atoms. The first-order valence-corrected chi connectivity index (χ1v) is 8.06. The minimum absolute atomic E-state index is 0.0897. The third kappa shape index (κ3) is 3.03. The Balaban J connectivity index is 1.66. The molecule has 0 saturated carbocycles. The lowest BCUT2D eigenvalue weighted by molar-refractivity contribution is 0.777. The van der Waals surface area contributed by atoms with Crippen LogP contribution in [0.5, 0.6) is 0 Å². The number of anilines is 2. The van der Waals surface area contributed by atoms with Crippen molar-refractivity contribution in [2.75, 3.05) is 17.6 Å². The van der Waals surface area contributed by atoms with Gasteiger partial charge in [-0.15, -0.1) is 0 Å². The van der Waals surface area contributed by atoms with Crippen molar-refractivity contribution in [2.45, 2.75) is 6.04 Å². The van der Waals surface area contributed by atoms with Crippen LogP contribution in [0.4, 0.5) is 11.9 Å². The molecule has 0 aliphatic heterocycles. The molecule has 9 heteroatoms. The number of aromatic nitrogens is 6. The first kappa shape index (κ1) is 15.9. The number of rotatable bonds is 5. The molecule has 1 aromatic carbocycles. The number of hydrogen-bond acceptors (Lipinski definition) is 8. The average molecular weight is 347 g/mol. The maximum atomic E-state index is 5.91. The molecular formula is C17H17N9. The maximum Gasteiger partial charge on any atom is 0.223 e. The molecule has 0 spiro atoms. The lowest BCUT2D eigenvalue weighted by Gasteiger charge is -2.17. The lowest BCUT2D eigenvalue weighted by Crippen LogP contribution is -2.21. The largest absolute Gasteiger partial charge is 0.368 e. The first-order chi connectivity index (χ1) is 12.7. The van der Waals surface area contributed by atoms with E-state index in [-0.39, 0.29) is 12.0 Å². The number of nitrogens with zero attached hydrogens (tertiary/aromatic N) is 5. The molecule has 4 aromatic rings. The standard InChI is InChI=1S/C17H17N9/c18-8-13(10-4-2-1-3-5-10)23-17-20-7-6-12(22-17)14-11-9-21-16(19)24-15(11)26-25-14/h1-7,9,13H,8,18H2,(H,20,22,23)(H3,19,21,24,25,26). The second kappa shape index (κ2) is 6.73. The van der Waals surface area contributed by atoms with E-state index in [1.54, 1.807) is 18.5 Å². The van der Waals surface area contributed by atoms with Gasteiger partial charge in [-0.2, -0.15) is 10.1 Å². The van der Waals surface area contributed by atoms with Crippen LogP contribution in [0.3, 0.4) is 0 Å². The van der Waals surface area contributed by atoms with E-state index in [2.05, 4.69) is 35.5 Å². The van der Waals surface area contributed by atoms with E-state index >= 15 is 0 Å². The van der Waals surface area contributed by atoms with E-state index < -0.39 is 0 Å². The van der Waals surface area contributed by atoms with Gasteiger partial charge in [-0.3, -0.25) is 5.10 Å². The molecule has 0 aliphatic carbocycles. The van der Waals surface area contributed by atoms with E-state index in [0.717, 1.165) is 10.9 Å². The van der Waals surface area contributed by atoms with Crippen LogP contribution in [0, 0.1) is 0 Å². The summed E-state index contributed by atoms with van der Waals surface area (Å²) in [5, 5.41) is 11.1. The highest BCUT2D eigenvalue weighted by Crippen LogP contribution is 2.24. The fourth-order valence-electron chi connectivity index (χ4n) is 2.70. The van der Waals surface area contributed by atoms with Gasteiger partial charge in [0, 0.05) is 18.9 Å². The molecule has 0 amide bonds. The van der Waals surface area contributed by atoms with Gasteiger partial charge in [0.05, 0.1) is 22.8 Å². The number of hydrogen-bond donors (Lipinski definition) is 4. The summed E-state index contributed by atoms with van der Waals surface area (Å²) >= 11 is 0. The third-order valence-corrected chi connectivity index (χ3v) is 3.98. The fourth-order valence-corrected chi connectivity index (χ4v) is 2.70. The van der Waals surface area contributed by atoms with Crippen molar-refractivity contribution >= 4 is 22.9 Å².